The Morgan fingerprint density at radius 2 is 2.00 bits per heavy atom. The van der Waals surface area contributed by atoms with Crippen molar-refractivity contribution in [2.75, 3.05) is 13.2 Å². The van der Waals surface area contributed by atoms with Crippen LogP contribution in [-0.2, 0) is 19.1 Å². The maximum atomic E-state index is 11.6. The fraction of sp³-hybridized carbons (Fsp3) is 0.250. The van der Waals surface area contributed by atoms with Crippen molar-refractivity contribution in [1.29, 1.82) is 0 Å². The van der Waals surface area contributed by atoms with E-state index in [2.05, 4.69) is 16.6 Å². The van der Waals surface area contributed by atoms with E-state index in [0.29, 0.717) is 5.02 Å². The number of esters is 2. The summed E-state index contributed by atoms with van der Waals surface area (Å²) in [5, 5.41) is 0.620. The molecular weight excluding hydrogens is 379 g/mol. The molecule has 0 amide bonds. The van der Waals surface area contributed by atoms with Crippen molar-refractivity contribution in [3.63, 3.8) is 0 Å². The predicted octanol–water partition coefficient (Wildman–Crippen LogP) is 3.60. The zero-order valence-electron chi connectivity index (χ0n) is 12.6. The Balaban J connectivity index is 2.39. The van der Waals surface area contributed by atoms with Crippen LogP contribution in [0.3, 0.4) is 0 Å². The highest BCUT2D eigenvalue weighted by molar-refractivity contribution is 6.42. The maximum Gasteiger partial charge on any atom is 0.364 e. The van der Waals surface area contributed by atoms with Gasteiger partial charge in [-0.2, -0.15) is 0 Å². The van der Waals surface area contributed by atoms with Crippen LogP contribution in [0.25, 0.3) is 0 Å². The zero-order valence-corrected chi connectivity index (χ0v) is 14.8. The molecule has 0 saturated heterocycles. The molecule has 0 aliphatic carbocycles. The van der Waals surface area contributed by atoms with Crippen molar-refractivity contribution in [2.24, 2.45) is 0 Å². The molecule has 128 valence electrons. The molecule has 0 spiro atoms. The van der Waals surface area contributed by atoms with Gasteiger partial charge >= 0.3 is 11.9 Å². The molecule has 0 bridgehead atoms. The van der Waals surface area contributed by atoms with Gasteiger partial charge in [-0.05, 0) is 25.1 Å². The maximum absolute atomic E-state index is 11.6. The van der Waals surface area contributed by atoms with Gasteiger partial charge in [0.1, 0.15) is 5.75 Å². The van der Waals surface area contributed by atoms with Gasteiger partial charge in [0.15, 0.2) is 6.61 Å². The van der Waals surface area contributed by atoms with Gasteiger partial charge in [-0.15, -0.1) is 0 Å². The number of rotatable bonds is 6. The Labute approximate surface area is 154 Å². The van der Waals surface area contributed by atoms with Gasteiger partial charge in [0.25, 0.3) is 5.56 Å². The van der Waals surface area contributed by atoms with Crippen molar-refractivity contribution >= 4 is 46.7 Å². The third kappa shape index (κ3) is 7.60. The van der Waals surface area contributed by atoms with Crippen LogP contribution in [0.15, 0.2) is 30.4 Å². The van der Waals surface area contributed by atoms with E-state index >= 15 is 0 Å². The van der Waals surface area contributed by atoms with E-state index in [-0.39, 0.29) is 24.0 Å². The van der Waals surface area contributed by atoms with Crippen LogP contribution < -0.4 is 4.74 Å². The Bertz CT molecular complexity index is 676. The van der Waals surface area contributed by atoms with E-state index in [4.69, 9.17) is 44.3 Å². The third-order valence-electron chi connectivity index (χ3n) is 2.29. The van der Waals surface area contributed by atoms with Crippen LogP contribution in [-0.4, -0.2) is 30.7 Å². The molecule has 1 atom stereocenters. The Kier molecular flexibility index (Phi) is 9.10. The second kappa shape index (κ2) is 10.8. The summed E-state index contributed by atoms with van der Waals surface area (Å²) in [4.78, 5) is 22.6. The van der Waals surface area contributed by atoms with Crippen molar-refractivity contribution in [3.8, 4) is 17.6 Å². The molecule has 0 radical (unpaired) electrons. The van der Waals surface area contributed by atoms with Gasteiger partial charge in [-0.1, -0.05) is 46.6 Å². The fourth-order valence-electron chi connectivity index (χ4n) is 1.29. The Morgan fingerprint density at radius 3 is 2.67 bits per heavy atom. The number of alkyl halides is 1. The molecule has 1 unspecified atom stereocenters. The number of hydrogen-bond donors (Lipinski definition) is 0. The van der Waals surface area contributed by atoms with E-state index in [9.17, 15) is 9.59 Å². The second-order valence-electron chi connectivity index (χ2n) is 4.02. The number of allylic oxidation sites excluding steroid dienone is 1. The highest BCUT2D eigenvalue weighted by Crippen LogP contribution is 2.27. The molecule has 0 saturated carbocycles. The SMILES string of the molecule is CCOC(=O)C=CC#CCOC(=O)C(Cl)Oc1ccc(Cl)c(Cl)c1. The summed E-state index contributed by atoms with van der Waals surface area (Å²) in [5.74, 6) is 3.97. The molecule has 0 N–H and O–H groups in total. The monoisotopic (exact) mass is 390 g/mol. The number of halogens is 3. The quantitative estimate of drug-likeness (QED) is 0.321. The minimum atomic E-state index is -1.36. The number of benzene rings is 1. The first-order valence-electron chi connectivity index (χ1n) is 6.68. The second-order valence-corrected chi connectivity index (χ2v) is 5.23. The van der Waals surface area contributed by atoms with Crippen molar-refractivity contribution in [1.82, 2.24) is 0 Å². The first-order chi connectivity index (χ1) is 11.4. The molecule has 24 heavy (non-hydrogen) atoms. The first-order valence-corrected chi connectivity index (χ1v) is 7.87. The summed E-state index contributed by atoms with van der Waals surface area (Å²) in [7, 11) is 0. The molecule has 5 nitrogen and oxygen atoms in total. The fourth-order valence-corrected chi connectivity index (χ4v) is 1.75. The zero-order chi connectivity index (χ0) is 17.9. The molecule has 0 aliphatic rings. The van der Waals surface area contributed by atoms with E-state index < -0.39 is 17.5 Å². The summed E-state index contributed by atoms with van der Waals surface area (Å²) < 4.78 is 14.6. The summed E-state index contributed by atoms with van der Waals surface area (Å²) in [6.07, 6.45) is 2.45. The van der Waals surface area contributed by atoms with Crippen molar-refractivity contribution in [2.45, 2.75) is 12.5 Å². The van der Waals surface area contributed by atoms with Gasteiger partial charge in [-0.3, -0.25) is 0 Å². The Hall–Kier alpha value is -1.87. The van der Waals surface area contributed by atoms with Crippen molar-refractivity contribution in [3.05, 3.63) is 40.4 Å². The summed E-state index contributed by atoms with van der Waals surface area (Å²) in [6, 6.07) is 4.44. The highest BCUT2D eigenvalue weighted by Gasteiger charge is 2.18. The normalized spacial score (nSPS) is 11.3. The molecule has 1 aromatic rings. The minimum absolute atomic E-state index is 0.208. The minimum Gasteiger partial charge on any atom is -0.463 e. The molecule has 0 heterocycles. The Morgan fingerprint density at radius 1 is 1.25 bits per heavy atom. The molecular formula is C16H13Cl3O5. The van der Waals surface area contributed by atoms with E-state index in [0.717, 1.165) is 6.08 Å². The summed E-state index contributed by atoms with van der Waals surface area (Å²) >= 11 is 17.4. The lowest BCUT2D eigenvalue weighted by molar-refractivity contribution is -0.146. The lowest BCUT2D eigenvalue weighted by atomic mass is 10.3. The lowest BCUT2D eigenvalue weighted by Crippen LogP contribution is -2.23. The average Bonchev–Trinajstić information content (AvgIpc) is 2.54. The molecule has 1 rings (SSSR count). The molecule has 0 fully saturated rings. The number of carbonyl (C=O) groups is 2. The van der Waals surface area contributed by atoms with Crippen LogP contribution in [0.2, 0.25) is 10.0 Å². The van der Waals surface area contributed by atoms with Gasteiger partial charge in [0, 0.05) is 12.1 Å². The highest BCUT2D eigenvalue weighted by atomic mass is 35.5. The van der Waals surface area contributed by atoms with Gasteiger partial charge in [0.05, 0.1) is 16.7 Å². The standard InChI is InChI=1S/C16H13Cl3O5/c1-2-22-14(20)6-4-3-5-9-23-16(21)15(19)24-11-7-8-12(17)13(18)10-11/h4,6-8,10,15H,2,9H2,1H3. The molecule has 1 aromatic carbocycles. The van der Waals surface area contributed by atoms with Crippen LogP contribution in [0.4, 0.5) is 0 Å². The van der Waals surface area contributed by atoms with Crippen LogP contribution in [0, 0.1) is 11.8 Å². The largest absolute Gasteiger partial charge is 0.463 e. The van der Waals surface area contributed by atoms with Gasteiger partial charge in [-0.25, -0.2) is 9.59 Å². The van der Waals surface area contributed by atoms with Crippen LogP contribution in [0.1, 0.15) is 6.92 Å². The molecule has 0 aromatic heterocycles. The van der Waals surface area contributed by atoms with E-state index in [1.165, 1.54) is 24.3 Å². The molecule has 8 heteroatoms. The molecule has 0 aliphatic heterocycles. The van der Waals surface area contributed by atoms with E-state index in [1.807, 2.05) is 0 Å². The third-order valence-corrected chi connectivity index (χ3v) is 3.30. The van der Waals surface area contributed by atoms with E-state index in [1.54, 1.807) is 6.92 Å². The van der Waals surface area contributed by atoms with Gasteiger partial charge < -0.3 is 14.2 Å². The number of ether oxygens (including phenoxy) is 3. The predicted molar refractivity (Wildman–Crippen MR) is 91.2 cm³/mol. The lowest BCUT2D eigenvalue weighted by Gasteiger charge is -2.11. The summed E-state index contributed by atoms with van der Waals surface area (Å²) in [5.41, 5.74) is -1.36. The van der Waals surface area contributed by atoms with Crippen LogP contribution >= 0.6 is 34.8 Å². The summed E-state index contributed by atoms with van der Waals surface area (Å²) in [6.45, 7) is 1.77. The number of hydrogen-bond acceptors (Lipinski definition) is 5. The smallest absolute Gasteiger partial charge is 0.364 e. The van der Waals surface area contributed by atoms with Gasteiger partial charge in [0.2, 0.25) is 0 Å². The average molecular weight is 392 g/mol. The number of carbonyl (C=O) groups excluding carboxylic acids is 2. The first kappa shape index (κ1) is 20.2. The topological polar surface area (TPSA) is 61.8 Å². The van der Waals surface area contributed by atoms with Crippen molar-refractivity contribution < 1.29 is 23.8 Å². The van der Waals surface area contributed by atoms with Crippen LogP contribution in [0.5, 0.6) is 5.75 Å².